The van der Waals surface area contributed by atoms with Gasteiger partial charge in [0, 0.05) is 36.0 Å². The summed E-state index contributed by atoms with van der Waals surface area (Å²) in [5.41, 5.74) is 1.21. The summed E-state index contributed by atoms with van der Waals surface area (Å²) in [5.74, 6) is 0. The first-order valence-corrected chi connectivity index (χ1v) is 6.42. The average Bonchev–Trinajstić information content (AvgIpc) is 2.26. The molecule has 0 saturated heterocycles. The van der Waals surface area contributed by atoms with Gasteiger partial charge in [0.1, 0.15) is 0 Å². The zero-order valence-corrected chi connectivity index (χ0v) is 11.8. The van der Waals surface area contributed by atoms with Crippen molar-refractivity contribution in [2.24, 2.45) is 0 Å². The Kier molecular flexibility index (Phi) is 5.95. The van der Waals surface area contributed by atoms with Crippen molar-refractivity contribution in [2.75, 3.05) is 20.1 Å². The number of halogens is 1. The van der Waals surface area contributed by atoms with Crippen LogP contribution in [0.25, 0.3) is 0 Å². The molecule has 0 aliphatic heterocycles. The van der Waals surface area contributed by atoms with Crippen LogP contribution in [-0.4, -0.2) is 36.1 Å². The number of hydrogen-bond acceptors (Lipinski definition) is 3. The molecule has 1 unspecified atom stereocenters. The summed E-state index contributed by atoms with van der Waals surface area (Å²) >= 11 is 3.42. The van der Waals surface area contributed by atoms with Crippen molar-refractivity contribution in [3.63, 3.8) is 0 Å². The summed E-state index contributed by atoms with van der Waals surface area (Å²) in [4.78, 5) is 6.44. The van der Waals surface area contributed by atoms with Crippen LogP contribution in [-0.2, 0) is 6.54 Å². The van der Waals surface area contributed by atoms with E-state index in [9.17, 15) is 0 Å². The summed E-state index contributed by atoms with van der Waals surface area (Å²) < 4.78 is 1.03. The molecule has 1 heterocycles. The lowest BCUT2D eigenvalue weighted by molar-refractivity contribution is 0.309. The topological polar surface area (TPSA) is 28.2 Å². The van der Waals surface area contributed by atoms with Gasteiger partial charge in [0.2, 0.25) is 0 Å². The van der Waals surface area contributed by atoms with Crippen LogP contribution in [0.1, 0.15) is 19.4 Å². The van der Waals surface area contributed by atoms with Crippen LogP contribution < -0.4 is 5.32 Å². The smallest absolute Gasteiger partial charge is 0.0410 e. The van der Waals surface area contributed by atoms with Crippen LogP contribution in [0.15, 0.2) is 22.9 Å². The molecule has 0 radical (unpaired) electrons. The zero-order valence-electron chi connectivity index (χ0n) is 10.2. The van der Waals surface area contributed by atoms with E-state index in [2.05, 4.69) is 58.1 Å². The Balaban J connectivity index is 2.34. The SMILES string of the molecule is CCN(C)CC(C)NCc1cncc(Br)c1. The second-order valence-electron chi connectivity index (χ2n) is 4.15. The van der Waals surface area contributed by atoms with Crippen molar-refractivity contribution in [2.45, 2.75) is 26.4 Å². The van der Waals surface area contributed by atoms with Crippen molar-refractivity contribution in [3.05, 3.63) is 28.5 Å². The quantitative estimate of drug-likeness (QED) is 0.869. The van der Waals surface area contributed by atoms with Gasteiger partial charge in [-0.15, -0.1) is 0 Å². The molecule has 1 rings (SSSR count). The fourth-order valence-electron chi connectivity index (χ4n) is 1.51. The van der Waals surface area contributed by atoms with E-state index in [1.165, 1.54) is 5.56 Å². The Labute approximate surface area is 106 Å². The summed E-state index contributed by atoms with van der Waals surface area (Å²) in [6, 6.07) is 2.58. The lowest BCUT2D eigenvalue weighted by atomic mass is 10.2. The standard InChI is InChI=1S/C12H20BrN3/c1-4-16(3)9-10(2)15-7-11-5-12(13)8-14-6-11/h5-6,8,10,15H,4,7,9H2,1-3H3. The molecule has 1 N–H and O–H groups in total. The highest BCUT2D eigenvalue weighted by atomic mass is 79.9. The van der Waals surface area contributed by atoms with E-state index in [0.29, 0.717) is 6.04 Å². The third-order valence-corrected chi connectivity index (χ3v) is 2.98. The Bertz CT molecular complexity index is 317. The summed E-state index contributed by atoms with van der Waals surface area (Å²) in [6.45, 7) is 7.40. The molecule has 1 aromatic heterocycles. The van der Waals surface area contributed by atoms with Crippen LogP contribution in [0.4, 0.5) is 0 Å². The van der Waals surface area contributed by atoms with Gasteiger partial charge < -0.3 is 10.2 Å². The molecule has 0 amide bonds. The van der Waals surface area contributed by atoms with E-state index in [0.717, 1.165) is 24.1 Å². The van der Waals surface area contributed by atoms with Gasteiger partial charge in [-0.2, -0.15) is 0 Å². The summed E-state index contributed by atoms with van der Waals surface area (Å²) in [5, 5.41) is 3.49. The number of rotatable bonds is 6. The first-order valence-electron chi connectivity index (χ1n) is 5.63. The van der Waals surface area contributed by atoms with Gasteiger partial charge >= 0.3 is 0 Å². The molecule has 0 spiro atoms. The van der Waals surface area contributed by atoms with Gasteiger partial charge in [0.15, 0.2) is 0 Å². The molecule has 0 bridgehead atoms. The number of hydrogen-bond donors (Lipinski definition) is 1. The number of nitrogens with zero attached hydrogens (tertiary/aromatic N) is 2. The number of likely N-dealkylation sites (N-methyl/N-ethyl adjacent to an activating group) is 1. The Hall–Kier alpha value is -0.450. The Morgan fingerprint density at radius 3 is 2.88 bits per heavy atom. The molecular weight excluding hydrogens is 266 g/mol. The van der Waals surface area contributed by atoms with E-state index in [1.54, 1.807) is 6.20 Å². The fourth-order valence-corrected chi connectivity index (χ4v) is 1.92. The molecule has 0 saturated carbocycles. The van der Waals surface area contributed by atoms with E-state index in [4.69, 9.17) is 0 Å². The summed E-state index contributed by atoms with van der Waals surface area (Å²) in [7, 11) is 2.14. The first kappa shape index (κ1) is 13.6. The predicted octanol–water partition coefficient (Wildman–Crippen LogP) is 2.27. The molecule has 0 aromatic carbocycles. The van der Waals surface area contributed by atoms with Gasteiger partial charge in [0.25, 0.3) is 0 Å². The molecule has 3 nitrogen and oxygen atoms in total. The van der Waals surface area contributed by atoms with Gasteiger partial charge in [-0.05, 0) is 48.1 Å². The lowest BCUT2D eigenvalue weighted by Crippen LogP contribution is -2.36. The highest BCUT2D eigenvalue weighted by molar-refractivity contribution is 9.10. The average molecular weight is 286 g/mol. The van der Waals surface area contributed by atoms with Crippen LogP contribution in [0.2, 0.25) is 0 Å². The number of pyridine rings is 1. The molecule has 90 valence electrons. The van der Waals surface area contributed by atoms with Crippen LogP contribution in [0, 0.1) is 0 Å². The maximum Gasteiger partial charge on any atom is 0.0410 e. The lowest BCUT2D eigenvalue weighted by Gasteiger charge is -2.20. The molecule has 4 heteroatoms. The van der Waals surface area contributed by atoms with E-state index >= 15 is 0 Å². The van der Waals surface area contributed by atoms with Gasteiger partial charge in [-0.1, -0.05) is 6.92 Å². The molecule has 1 aromatic rings. The Morgan fingerprint density at radius 2 is 2.25 bits per heavy atom. The third-order valence-electron chi connectivity index (χ3n) is 2.54. The first-order chi connectivity index (χ1) is 7.61. The minimum Gasteiger partial charge on any atom is -0.309 e. The van der Waals surface area contributed by atoms with E-state index in [1.807, 2.05) is 6.20 Å². The predicted molar refractivity (Wildman–Crippen MR) is 71.4 cm³/mol. The third kappa shape index (κ3) is 5.05. The van der Waals surface area contributed by atoms with Gasteiger partial charge in [-0.25, -0.2) is 0 Å². The molecule has 0 aliphatic rings. The van der Waals surface area contributed by atoms with E-state index in [-0.39, 0.29) is 0 Å². The zero-order chi connectivity index (χ0) is 12.0. The van der Waals surface area contributed by atoms with Crippen LogP contribution >= 0.6 is 15.9 Å². The van der Waals surface area contributed by atoms with Gasteiger partial charge in [0.05, 0.1) is 0 Å². The second kappa shape index (κ2) is 6.99. The monoisotopic (exact) mass is 285 g/mol. The maximum atomic E-state index is 4.14. The highest BCUT2D eigenvalue weighted by Crippen LogP contribution is 2.09. The Morgan fingerprint density at radius 1 is 1.50 bits per heavy atom. The van der Waals surface area contributed by atoms with Crippen molar-refractivity contribution < 1.29 is 0 Å². The second-order valence-corrected chi connectivity index (χ2v) is 5.06. The van der Waals surface area contributed by atoms with E-state index < -0.39 is 0 Å². The molecule has 1 atom stereocenters. The molecule has 16 heavy (non-hydrogen) atoms. The van der Waals surface area contributed by atoms with Gasteiger partial charge in [-0.3, -0.25) is 4.98 Å². The minimum atomic E-state index is 0.490. The largest absolute Gasteiger partial charge is 0.309 e. The molecule has 0 fully saturated rings. The normalized spacial score (nSPS) is 13.1. The highest BCUT2D eigenvalue weighted by Gasteiger charge is 2.04. The fraction of sp³-hybridized carbons (Fsp3) is 0.583. The van der Waals surface area contributed by atoms with Crippen molar-refractivity contribution in [1.29, 1.82) is 0 Å². The molecule has 0 aliphatic carbocycles. The maximum absolute atomic E-state index is 4.14. The number of aromatic nitrogens is 1. The summed E-state index contributed by atoms with van der Waals surface area (Å²) in [6.07, 6.45) is 3.70. The number of nitrogens with one attached hydrogen (secondary N) is 1. The van der Waals surface area contributed by atoms with Crippen molar-refractivity contribution >= 4 is 15.9 Å². The minimum absolute atomic E-state index is 0.490. The molecular formula is C12H20BrN3. The van der Waals surface area contributed by atoms with Crippen molar-refractivity contribution in [3.8, 4) is 0 Å². The van der Waals surface area contributed by atoms with Crippen molar-refractivity contribution in [1.82, 2.24) is 15.2 Å². The van der Waals surface area contributed by atoms with Crippen LogP contribution in [0.5, 0.6) is 0 Å². The van der Waals surface area contributed by atoms with Crippen LogP contribution in [0.3, 0.4) is 0 Å².